The lowest BCUT2D eigenvalue weighted by molar-refractivity contribution is 0.516. The van der Waals surface area contributed by atoms with Crippen molar-refractivity contribution in [3.8, 4) is 0 Å². The molecule has 0 aromatic heterocycles. The number of thioether (sulfide) groups is 1. The van der Waals surface area contributed by atoms with Crippen LogP contribution in [0.5, 0.6) is 0 Å². The fourth-order valence-electron chi connectivity index (χ4n) is 1.66. The molecule has 4 heteroatoms. The van der Waals surface area contributed by atoms with Crippen LogP contribution < -0.4 is 0 Å². The molecule has 0 spiro atoms. The first-order valence-corrected chi connectivity index (χ1v) is 6.11. The molecule has 13 heavy (non-hydrogen) atoms. The molecule has 0 amide bonds. The summed E-state index contributed by atoms with van der Waals surface area (Å²) in [5.74, 6) is 1.16. The van der Waals surface area contributed by atoms with Gasteiger partial charge in [0.2, 0.25) is 0 Å². The Hall–Kier alpha value is -0.340. The molecule has 1 aliphatic rings. The maximum Gasteiger partial charge on any atom is 0.0265 e. The molecule has 0 heterocycles. The van der Waals surface area contributed by atoms with Crippen LogP contribution in [-0.4, -0.2) is 17.5 Å². The first-order valence-electron chi connectivity index (χ1n) is 5.06. The van der Waals surface area contributed by atoms with Gasteiger partial charge in [0.1, 0.15) is 0 Å². The fraction of sp³-hybridized carbons (Fsp3) is 1.00. The summed E-state index contributed by atoms with van der Waals surface area (Å²) in [7, 11) is 0. The zero-order chi connectivity index (χ0) is 9.36. The summed E-state index contributed by atoms with van der Waals surface area (Å²) in [6.45, 7) is 0.663. The smallest absolute Gasteiger partial charge is 0.0265 e. The number of nitrogens with zero attached hydrogens (tertiary/aromatic N) is 3. The highest BCUT2D eigenvalue weighted by atomic mass is 32.2. The first kappa shape index (κ1) is 10.7. The molecule has 74 valence electrons. The predicted octanol–water partition coefficient (Wildman–Crippen LogP) is 3.75. The van der Waals surface area contributed by atoms with E-state index in [9.17, 15) is 0 Å². The topological polar surface area (TPSA) is 48.8 Å². The van der Waals surface area contributed by atoms with Crippen LogP contribution in [0.15, 0.2) is 5.11 Å². The number of rotatable bonds is 5. The monoisotopic (exact) mass is 199 g/mol. The lowest BCUT2D eigenvalue weighted by Gasteiger charge is -2.20. The third-order valence-electron chi connectivity index (χ3n) is 2.37. The van der Waals surface area contributed by atoms with E-state index in [1.54, 1.807) is 0 Å². The van der Waals surface area contributed by atoms with Crippen molar-refractivity contribution >= 4 is 11.8 Å². The van der Waals surface area contributed by atoms with Gasteiger partial charge >= 0.3 is 0 Å². The van der Waals surface area contributed by atoms with E-state index in [2.05, 4.69) is 21.8 Å². The summed E-state index contributed by atoms with van der Waals surface area (Å²) in [5, 5.41) is 4.41. The summed E-state index contributed by atoms with van der Waals surface area (Å²) in [4.78, 5) is 2.74. The van der Waals surface area contributed by atoms with Gasteiger partial charge in [-0.15, -0.1) is 0 Å². The Morgan fingerprint density at radius 2 is 2.08 bits per heavy atom. The summed E-state index contributed by atoms with van der Waals surface area (Å²) < 4.78 is 0. The van der Waals surface area contributed by atoms with Crippen LogP contribution in [0, 0.1) is 0 Å². The molecule has 0 aromatic carbocycles. The lowest BCUT2D eigenvalue weighted by atomic mass is 10.0. The van der Waals surface area contributed by atoms with Gasteiger partial charge in [-0.2, -0.15) is 11.8 Å². The van der Waals surface area contributed by atoms with Crippen LogP contribution in [-0.2, 0) is 0 Å². The molecular formula is C9H17N3S. The molecule has 0 radical (unpaired) electrons. The molecule has 0 saturated heterocycles. The van der Waals surface area contributed by atoms with Crippen LogP contribution in [0.2, 0.25) is 0 Å². The van der Waals surface area contributed by atoms with Crippen molar-refractivity contribution in [2.45, 2.75) is 43.8 Å². The van der Waals surface area contributed by atoms with Crippen LogP contribution in [0.1, 0.15) is 38.5 Å². The second-order valence-electron chi connectivity index (χ2n) is 3.44. The summed E-state index contributed by atoms with van der Waals surface area (Å²) in [5.41, 5.74) is 8.07. The quantitative estimate of drug-likeness (QED) is 0.288. The maximum atomic E-state index is 8.07. The third-order valence-corrected chi connectivity index (χ3v) is 3.84. The molecule has 0 aromatic rings. The van der Waals surface area contributed by atoms with Gasteiger partial charge in [-0.25, -0.2) is 0 Å². The minimum Gasteiger partial charge on any atom is -0.159 e. The molecule has 1 aliphatic carbocycles. The summed E-state index contributed by atoms with van der Waals surface area (Å²) >= 11 is 2.06. The molecule has 1 fully saturated rings. The maximum absolute atomic E-state index is 8.07. The molecule has 1 rings (SSSR count). The van der Waals surface area contributed by atoms with Crippen molar-refractivity contribution in [3.63, 3.8) is 0 Å². The van der Waals surface area contributed by atoms with Gasteiger partial charge in [0.15, 0.2) is 0 Å². The number of azide groups is 1. The van der Waals surface area contributed by atoms with Crippen molar-refractivity contribution in [1.82, 2.24) is 0 Å². The summed E-state index contributed by atoms with van der Waals surface area (Å²) in [6, 6.07) is 0. The van der Waals surface area contributed by atoms with Crippen molar-refractivity contribution in [1.29, 1.82) is 0 Å². The SMILES string of the molecule is [N-]=[N+]=NCCCSC1CCCCC1. The minimum atomic E-state index is 0.663. The molecule has 1 saturated carbocycles. The molecule has 3 nitrogen and oxygen atoms in total. The number of hydrogen-bond acceptors (Lipinski definition) is 2. The average molecular weight is 199 g/mol. The predicted molar refractivity (Wildman–Crippen MR) is 58.0 cm³/mol. The van der Waals surface area contributed by atoms with Crippen molar-refractivity contribution in [2.24, 2.45) is 5.11 Å². The van der Waals surface area contributed by atoms with Crippen LogP contribution >= 0.6 is 11.8 Å². The van der Waals surface area contributed by atoms with E-state index in [1.807, 2.05) is 0 Å². The van der Waals surface area contributed by atoms with Crippen molar-refractivity contribution in [2.75, 3.05) is 12.3 Å². The second kappa shape index (κ2) is 7.10. The van der Waals surface area contributed by atoms with E-state index in [0.717, 1.165) is 17.4 Å². The average Bonchev–Trinajstić information content (AvgIpc) is 2.19. The highest BCUT2D eigenvalue weighted by Gasteiger charge is 2.12. The zero-order valence-corrected chi connectivity index (χ0v) is 8.80. The Balaban J connectivity index is 1.94. The normalized spacial score (nSPS) is 18.2. The Kier molecular flexibility index (Phi) is 5.87. The second-order valence-corrected chi connectivity index (χ2v) is 4.85. The van der Waals surface area contributed by atoms with Gasteiger partial charge in [-0.1, -0.05) is 24.4 Å². The van der Waals surface area contributed by atoms with Gasteiger partial charge in [-0.3, -0.25) is 0 Å². The van der Waals surface area contributed by atoms with Gasteiger partial charge < -0.3 is 0 Å². The highest BCUT2D eigenvalue weighted by molar-refractivity contribution is 7.99. The minimum absolute atomic E-state index is 0.663. The van der Waals surface area contributed by atoms with Crippen molar-refractivity contribution < 1.29 is 0 Å². The van der Waals surface area contributed by atoms with E-state index in [-0.39, 0.29) is 0 Å². The number of hydrogen-bond donors (Lipinski definition) is 0. The molecular weight excluding hydrogens is 182 g/mol. The van der Waals surface area contributed by atoms with E-state index in [0.29, 0.717) is 6.54 Å². The Morgan fingerprint density at radius 3 is 2.77 bits per heavy atom. The van der Waals surface area contributed by atoms with Gasteiger partial charge in [0.05, 0.1) is 0 Å². The van der Waals surface area contributed by atoms with Crippen LogP contribution in [0.4, 0.5) is 0 Å². The fourth-order valence-corrected chi connectivity index (χ4v) is 2.96. The molecule has 0 unspecified atom stereocenters. The van der Waals surface area contributed by atoms with E-state index in [1.165, 1.54) is 32.1 Å². The first-order chi connectivity index (χ1) is 6.43. The van der Waals surface area contributed by atoms with Gasteiger partial charge in [0, 0.05) is 16.7 Å². The third kappa shape index (κ3) is 5.06. The highest BCUT2D eigenvalue weighted by Crippen LogP contribution is 2.28. The zero-order valence-electron chi connectivity index (χ0n) is 7.98. The Morgan fingerprint density at radius 1 is 1.31 bits per heavy atom. The van der Waals surface area contributed by atoms with Crippen LogP contribution in [0.25, 0.3) is 10.4 Å². The van der Waals surface area contributed by atoms with E-state index < -0.39 is 0 Å². The van der Waals surface area contributed by atoms with Gasteiger partial charge in [-0.05, 0) is 30.5 Å². The largest absolute Gasteiger partial charge is 0.159 e. The standard InChI is InChI=1S/C9H17N3S/c10-12-11-7-4-8-13-9-5-2-1-3-6-9/h9H,1-8H2. The summed E-state index contributed by atoms with van der Waals surface area (Å²) in [6.07, 6.45) is 8.07. The van der Waals surface area contributed by atoms with Gasteiger partial charge in [0.25, 0.3) is 0 Å². The molecule has 0 atom stereocenters. The van der Waals surface area contributed by atoms with E-state index >= 15 is 0 Å². The molecule has 0 bridgehead atoms. The molecule has 0 aliphatic heterocycles. The Bertz CT molecular complexity index is 172. The molecule has 0 N–H and O–H groups in total. The van der Waals surface area contributed by atoms with Crippen LogP contribution in [0.3, 0.4) is 0 Å². The Labute approximate surface area is 83.9 Å². The van der Waals surface area contributed by atoms with Crippen molar-refractivity contribution in [3.05, 3.63) is 10.4 Å². The van der Waals surface area contributed by atoms with E-state index in [4.69, 9.17) is 5.53 Å². The lowest BCUT2D eigenvalue weighted by Crippen LogP contribution is -2.08.